The van der Waals surface area contributed by atoms with E-state index in [9.17, 15) is 0 Å². The molecule has 0 saturated heterocycles. The Balaban J connectivity index is 2.55. The van der Waals surface area contributed by atoms with Gasteiger partial charge in [0.2, 0.25) is 11.9 Å². The molecule has 0 atom stereocenters. The normalized spacial score (nSPS) is 10.6. The Labute approximate surface area is 114 Å². The van der Waals surface area contributed by atoms with Gasteiger partial charge < -0.3 is 10.1 Å². The summed E-state index contributed by atoms with van der Waals surface area (Å²) >= 11 is 0. The predicted octanol–water partition coefficient (Wildman–Crippen LogP) is 1.79. The minimum atomic E-state index is 0.288. The van der Waals surface area contributed by atoms with E-state index in [0.717, 1.165) is 19.4 Å². The van der Waals surface area contributed by atoms with Crippen LogP contribution in [-0.2, 0) is 0 Å². The predicted molar refractivity (Wildman–Crippen MR) is 76.0 cm³/mol. The summed E-state index contributed by atoms with van der Waals surface area (Å²) < 4.78 is 5.39. The van der Waals surface area contributed by atoms with Crippen molar-refractivity contribution in [1.29, 1.82) is 0 Å². The first-order valence-electron chi connectivity index (χ1n) is 6.75. The SMILES string of the molecule is CCCOc1nc(NN)nc(NCCCC(C)C)n1. The molecule has 0 bridgehead atoms. The fourth-order valence-electron chi connectivity index (χ4n) is 1.47. The molecule has 0 radical (unpaired) electrons. The summed E-state index contributed by atoms with van der Waals surface area (Å²) in [4.78, 5) is 12.3. The Morgan fingerprint density at radius 1 is 1.21 bits per heavy atom. The van der Waals surface area contributed by atoms with Gasteiger partial charge in [-0.3, -0.25) is 5.43 Å². The number of rotatable bonds is 9. The molecule has 1 aromatic heterocycles. The summed E-state index contributed by atoms with van der Waals surface area (Å²) in [5, 5.41) is 3.15. The first-order valence-corrected chi connectivity index (χ1v) is 6.75. The number of ether oxygens (including phenoxy) is 1. The van der Waals surface area contributed by atoms with Crippen LogP contribution in [0, 0.1) is 5.92 Å². The zero-order chi connectivity index (χ0) is 14.1. The molecule has 0 aromatic carbocycles. The Hall–Kier alpha value is -1.63. The average Bonchev–Trinajstić information content (AvgIpc) is 2.41. The minimum absolute atomic E-state index is 0.288. The lowest BCUT2D eigenvalue weighted by Gasteiger charge is -2.09. The molecule has 0 aliphatic carbocycles. The third kappa shape index (κ3) is 6.19. The molecule has 7 nitrogen and oxygen atoms in total. The van der Waals surface area contributed by atoms with Crippen LogP contribution < -0.4 is 21.3 Å². The van der Waals surface area contributed by atoms with Gasteiger partial charge in [-0.1, -0.05) is 20.8 Å². The maximum atomic E-state index is 5.39. The smallest absolute Gasteiger partial charge is 0.323 e. The van der Waals surface area contributed by atoms with Crippen molar-refractivity contribution in [3.8, 4) is 6.01 Å². The Kier molecular flexibility index (Phi) is 6.88. The van der Waals surface area contributed by atoms with E-state index < -0.39 is 0 Å². The van der Waals surface area contributed by atoms with E-state index in [1.807, 2.05) is 6.92 Å². The van der Waals surface area contributed by atoms with Gasteiger partial charge >= 0.3 is 6.01 Å². The first-order chi connectivity index (χ1) is 9.15. The summed E-state index contributed by atoms with van der Waals surface area (Å²) in [7, 11) is 0. The van der Waals surface area contributed by atoms with Gasteiger partial charge in [-0.15, -0.1) is 0 Å². The largest absolute Gasteiger partial charge is 0.463 e. The van der Waals surface area contributed by atoms with Crippen molar-refractivity contribution >= 4 is 11.9 Å². The highest BCUT2D eigenvalue weighted by Gasteiger charge is 2.06. The van der Waals surface area contributed by atoms with Crippen molar-refractivity contribution in [3.63, 3.8) is 0 Å². The van der Waals surface area contributed by atoms with Crippen molar-refractivity contribution < 1.29 is 4.74 Å². The standard InChI is InChI=1S/C12H24N6O/c1-4-8-19-12-16-10(15-11(17-12)18-13)14-7-5-6-9(2)3/h9H,4-8,13H2,1-3H3,(H2,14,15,16,17,18). The number of hydrazine groups is 1. The number of hydrogen-bond acceptors (Lipinski definition) is 7. The van der Waals surface area contributed by atoms with Crippen LogP contribution in [0.5, 0.6) is 6.01 Å². The fraction of sp³-hybridized carbons (Fsp3) is 0.750. The number of nitrogens with zero attached hydrogens (tertiary/aromatic N) is 3. The van der Waals surface area contributed by atoms with E-state index in [1.165, 1.54) is 6.42 Å². The second-order valence-corrected chi connectivity index (χ2v) is 4.72. The summed E-state index contributed by atoms with van der Waals surface area (Å²) in [6.07, 6.45) is 3.13. The van der Waals surface area contributed by atoms with Crippen LogP contribution >= 0.6 is 0 Å². The Bertz CT molecular complexity index is 371. The zero-order valence-corrected chi connectivity index (χ0v) is 11.9. The monoisotopic (exact) mass is 268 g/mol. The maximum absolute atomic E-state index is 5.39. The zero-order valence-electron chi connectivity index (χ0n) is 11.9. The Morgan fingerprint density at radius 3 is 2.58 bits per heavy atom. The van der Waals surface area contributed by atoms with Gasteiger partial charge in [0.15, 0.2) is 0 Å². The molecule has 0 saturated carbocycles. The topological polar surface area (TPSA) is 98.0 Å². The van der Waals surface area contributed by atoms with Crippen LogP contribution in [0.25, 0.3) is 0 Å². The maximum Gasteiger partial charge on any atom is 0.323 e. The van der Waals surface area contributed by atoms with Crippen LogP contribution in [0.15, 0.2) is 0 Å². The van der Waals surface area contributed by atoms with Gasteiger partial charge in [-0.25, -0.2) is 5.84 Å². The molecule has 0 unspecified atom stereocenters. The number of hydrogen-bond donors (Lipinski definition) is 3. The molecule has 1 heterocycles. The van der Waals surface area contributed by atoms with Gasteiger partial charge in [-0.05, 0) is 25.2 Å². The van der Waals surface area contributed by atoms with Crippen molar-refractivity contribution in [2.45, 2.75) is 40.0 Å². The highest BCUT2D eigenvalue weighted by atomic mass is 16.5. The van der Waals surface area contributed by atoms with Crippen molar-refractivity contribution in [3.05, 3.63) is 0 Å². The molecule has 19 heavy (non-hydrogen) atoms. The molecule has 0 aliphatic rings. The lowest BCUT2D eigenvalue weighted by Crippen LogP contribution is -2.15. The molecule has 0 amide bonds. The minimum Gasteiger partial charge on any atom is -0.463 e. The van der Waals surface area contributed by atoms with Gasteiger partial charge in [0.1, 0.15) is 0 Å². The highest BCUT2D eigenvalue weighted by Crippen LogP contribution is 2.11. The molecule has 0 aliphatic heterocycles. The summed E-state index contributed by atoms with van der Waals surface area (Å²) in [5.74, 6) is 6.81. The third-order valence-electron chi connectivity index (χ3n) is 2.42. The Morgan fingerprint density at radius 2 is 1.95 bits per heavy atom. The van der Waals surface area contributed by atoms with E-state index in [0.29, 0.717) is 24.4 Å². The van der Waals surface area contributed by atoms with E-state index in [2.05, 4.69) is 39.5 Å². The fourth-order valence-corrected chi connectivity index (χ4v) is 1.47. The van der Waals surface area contributed by atoms with Crippen molar-refractivity contribution in [2.24, 2.45) is 11.8 Å². The first kappa shape index (κ1) is 15.4. The van der Waals surface area contributed by atoms with E-state index in [-0.39, 0.29) is 6.01 Å². The molecule has 108 valence electrons. The average molecular weight is 268 g/mol. The molecule has 4 N–H and O–H groups in total. The van der Waals surface area contributed by atoms with Crippen LogP contribution in [0.4, 0.5) is 11.9 Å². The quantitative estimate of drug-likeness (QED) is 0.357. The molecule has 1 rings (SSSR count). The summed E-state index contributed by atoms with van der Waals surface area (Å²) in [6, 6.07) is 0.288. The van der Waals surface area contributed by atoms with Gasteiger partial charge in [0.05, 0.1) is 6.61 Å². The van der Waals surface area contributed by atoms with E-state index >= 15 is 0 Å². The molecular formula is C12H24N6O. The third-order valence-corrected chi connectivity index (χ3v) is 2.42. The number of nitrogen functional groups attached to an aromatic ring is 1. The second-order valence-electron chi connectivity index (χ2n) is 4.72. The molecule has 1 aromatic rings. The van der Waals surface area contributed by atoms with Crippen LogP contribution in [0.1, 0.15) is 40.0 Å². The van der Waals surface area contributed by atoms with Gasteiger partial charge in [-0.2, -0.15) is 15.0 Å². The molecule has 0 spiro atoms. The van der Waals surface area contributed by atoms with E-state index in [1.54, 1.807) is 0 Å². The number of nitrogens with two attached hydrogens (primary N) is 1. The number of aromatic nitrogens is 3. The lowest BCUT2D eigenvalue weighted by atomic mass is 10.1. The summed E-state index contributed by atoms with van der Waals surface area (Å²) in [6.45, 7) is 7.82. The highest BCUT2D eigenvalue weighted by molar-refractivity contribution is 5.34. The summed E-state index contributed by atoms with van der Waals surface area (Å²) in [5.41, 5.74) is 2.41. The van der Waals surface area contributed by atoms with Crippen LogP contribution in [-0.4, -0.2) is 28.1 Å². The lowest BCUT2D eigenvalue weighted by molar-refractivity contribution is 0.292. The molecule has 7 heteroatoms. The van der Waals surface area contributed by atoms with E-state index in [4.69, 9.17) is 10.6 Å². The van der Waals surface area contributed by atoms with Crippen molar-refractivity contribution in [2.75, 3.05) is 23.9 Å². The van der Waals surface area contributed by atoms with Crippen LogP contribution in [0.3, 0.4) is 0 Å². The molecule has 0 fully saturated rings. The van der Waals surface area contributed by atoms with Crippen LogP contribution in [0.2, 0.25) is 0 Å². The van der Waals surface area contributed by atoms with Gasteiger partial charge in [0.25, 0.3) is 0 Å². The second kappa shape index (κ2) is 8.47. The number of nitrogens with one attached hydrogen (secondary N) is 2. The van der Waals surface area contributed by atoms with Crippen molar-refractivity contribution in [1.82, 2.24) is 15.0 Å². The van der Waals surface area contributed by atoms with Gasteiger partial charge in [0, 0.05) is 6.54 Å². The number of anilines is 2. The molecular weight excluding hydrogens is 244 g/mol.